The van der Waals surface area contributed by atoms with Gasteiger partial charge in [0, 0.05) is 31.5 Å². The molecule has 2 saturated heterocycles. The summed E-state index contributed by atoms with van der Waals surface area (Å²) in [6.07, 6.45) is 7.02. The van der Waals surface area contributed by atoms with Crippen molar-refractivity contribution in [2.75, 3.05) is 39.5 Å². The monoisotopic (exact) mass is 265 g/mol. The minimum atomic E-state index is -0.0138. The average molecular weight is 265 g/mol. The molecule has 2 aliphatic rings. The third-order valence-electron chi connectivity index (χ3n) is 4.62. The summed E-state index contributed by atoms with van der Waals surface area (Å²) in [5.74, 6) is 0.674. The molecule has 1 aromatic rings. The minimum absolute atomic E-state index is 0.0138. The van der Waals surface area contributed by atoms with Gasteiger partial charge in [0.15, 0.2) is 0 Å². The Morgan fingerprint density at radius 3 is 2.89 bits per heavy atom. The molecule has 5 nitrogen and oxygen atoms in total. The van der Waals surface area contributed by atoms with Gasteiger partial charge >= 0.3 is 0 Å². The number of nitrogens with zero attached hydrogens (tertiary/aromatic N) is 3. The zero-order valence-corrected chi connectivity index (χ0v) is 11.5. The molecule has 2 aliphatic heterocycles. The number of hydrogen-bond donors (Lipinski definition) is 1. The first kappa shape index (κ1) is 13.1. The number of aromatic nitrogens is 2. The van der Waals surface area contributed by atoms with Crippen LogP contribution in [0.3, 0.4) is 0 Å². The zero-order valence-electron chi connectivity index (χ0n) is 11.5. The van der Waals surface area contributed by atoms with Gasteiger partial charge in [-0.1, -0.05) is 6.92 Å². The normalized spacial score (nSPS) is 31.1. The van der Waals surface area contributed by atoms with Crippen LogP contribution < -0.4 is 0 Å². The van der Waals surface area contributed by atoms with Crippen molar-refractivity contribution >= 4 is 0 Å². The van der Waals surface area contributed by atoms with Gasteiger partial charge in [-0.2, -0.15) is 0 Å². The average Bonchev–Trinajstić information content (AvgIpc) is 2.89. The standard InChI is InChI=1S/C14H23N3O2/c1-12-2-4-16(7-14(8-18)9-19-10-14)6-13(12)17-5-3-15-11-17/h3,5,11-13,18H,2,4,6-10H2,1H3. The molecule has 0 bridgehead atoms. The van der Waals surface area contributed by atoms with Crippen LogP contribution in [-0.2, 0) is 4.74 Å². The van der Waals surface area contributed by atoms with Crippen LogP contribution in [-0.4, -0.2) is 59.0 Å². The first-order valence-electron chi connectivity index (χ1n) is 7.11. The molecule has 2 unspecified atom stereocenters. The van der Waals surface area contributed by atoms with Gasteiger partial charge in [-0.3, -0.25) is 0 Å². The van der Waals surface area contributed by atoms with Crippen molar-refractivity contribution in [1.82, 2.24) is 14.5 Å². The Balaban J connectivity index is 1.65. The second kappa shape index (κ2) is 5.23. The van der Waals surface area contributed by atoms with Crippen LogP contribution in [0, 0.1) is 11.3 Å². The van der Waals surface area contributed by atoms with E-state index in [1.807, 2.05) is 12.5 Å². The molecule has 1 aromatic heterocycles. The zero-order chi connectivity index (χ0) is 13.3. The smallest absolute Gasteiger partial charge is 0.0949 e. The van der Waals surface area contributed by atoms with Gasteiger partial charge in [-0.25, -0.2) is 4.98 Å². The number of aliphatic hydroxyl groups excluding tert-OH is 1. The van der Waals surface area contributed by atoms with Crippen LogP contribution in [0.2, 0.25) is 0 Å². The minimum Gasteiger partial charge on any atom is -0.396 e. The van der Waals surface area contributed by atoms with Gasteiger partial charge in [-0.05, 0) is 18.9 Å². The second-order valence-corrected chi connectivity index (χ2v) is 6.23. The van der Waals surface area contributed by atoms with Crippen molar-refractivity contribution in [3.8, 4) is 0 Å². The second-order valence-electron chi connectivity index (χ2n) is 6.23. The molecule has 1 N–H and O–H groups in total. The van der Waals surface area contributed by atoms with Crippen LogP contribution in [0.1, 0.15) is 19.4 Å². The third kappa shape index (κ3) is 2.55. The molecule has 0 aliphatic carbocycles. The highest BCUT2D eigenvalue weighted by Crippen LogP contribution is 2.32. The van der Waals surface area contributed by atoms with Gasteiger partial charge < -0.3 is 19.3 Å². The van der Waals surface area contributed by atoms with Crippen molar-refractivity contribution in [3.05, 3.63) is 18.7 Å². The van der Waals surface area contributed by atoms with E-state index in [0.717, 1.165) is 19.6 Å². The number of rotatable bonds is 4. The molecule has 3 rings (SSSR count). The molecule has 0 saturated carbocycles. The molecule has 19 heavy (non-hydrogen) atoms. The molecule has 5 heteroatoms. The number of aliphatic hydroxyl groups is 1. The van der Waals surface area contributed by atoms with E-state index in [1.165, 1.54) is 6.42 Å². The fourth-order valence-electron chi connectivity index (χ4n) is 3.21. The fourth-order valence-corrected chi connectivity index (χ4v) is 3.21. The predicted molar refractivity (Wildman–Crippen MR) is 71.8 cm³/mol. The summed E-state index contributed by atoms with van der Waals surface area (Å²) in [5, 5.41) is 9.55. The highest BCUT2D eigenvalue weighted by molar-refractivity contribution is 4.93. The molecule has 0 radical (unpaired) electrons. The van der Waals surface area contributed by atoms with E-state index in [4.69, 9.17) is 4.74 Å². The van der Waals surface area contributed by atoms with Gasteiger partial charge in [0.1, 0.15) is 0 Å². The molecule has 3 heterocycles. The molecule has 2 fully saturated rings. The van der Waals surface area contributed by atoms with E-state index in [9.17, 15) is 5.11 Å². The maximum Gasteiger partial charge on any atom is 0.0949 e. The van der Waals surface area contributed by atoms with Crippen molar-refractivity contribution in [3.63, 3.8) is 0 Å². The van der Waals surface area contributed by atoms with Gasteiger partial charge in [-0.15, -0.1) is 0 Å². The molecule has 2 atom stereocenters. The van der Waals surface area contributed by atoms with E-state index in [2.05, 4.69) is 27.6 Å². The lowest BCUT2D eigenvalue weighted by Crippen LogP contribution is -2.55. The summed E-state index contributed by atoms with van der Waals surface area (Å²) in [4.78, 5) is 6.64. The van der Waals surface area contributed by atoms with Crippen molar-refractivity contribution in [1.29, 1.82) is 0 Å². The Kier molecular flexibility index (Phi) is 3.60. The summed E-state index contributed by atoms with van der Waals surface area (Å²) in [5.41, 5.74) is -0.0138. The Labute approximate surface area is 114 Å². The quantitative estimate of drug-likeness (QED) is 0.874. The predicted octanol–water partition coefficient (Wildman–Crippen LogP) is 0.775. The SMILES string of the molecule is CC1CCN(CC2(CO)COC2)CC1n1ccnc1. The molecular formula is C14H23N3O2. The number of imidazole rings is 1. The van der Waals surface area contributed by atoms with Crippen molar-refractivity contribution < 1.29 is 9.84 Å². The largest absolute Gasteiger partial charge is 0.396 e. The summed E-state index contributed by atoms with van der Waals surface area (Å²) in [6, 6.07) is 0.494. The molecule has 106 valence electrons. The summed E-state index contributed by atoms with van der Waals surface area (Å²) in [6.45, 7) is 7.05. The molecule has 0 amide bonds. The van der Waals surface area contributed by atoms with Crippen LogP contribution >= 0.6 is 0 Å². The lowest BCUT2D eigenvalue weighted by atomic mass is 9.84. The van der Waals surface area contributed by atoms with Crippen LogP contribution in [0.4, 0.5) is 0 Å². The molecular weight excluding hydrogens is 242 g/mol. The van der Waals surface area contributed by atoms with Gasteiger partial charge in [0.2, 0.25) is 0 Å². The third-order valence-corrected chi connectivity index (χ3v) is 4.62. The van der Waals surface area contributed by atoms with Crippen LogP contribution in [0.25, 0.3) is 0 Å². The number of likely N-dealkylation sites (tertiary alicyclic amines) is 1. The summed E-state index contributed by atoms with van der Waals surface area (Å²) in [7, 11) is 0. The van der Waals surface area contributed by atoms with Crippen molar-refractivity contribution in [2.45, 2.75) is 19.4 Å². The highest BCUT2D eigenvalue weighted by atomic mass is 16.5. The Bertz CT molecular complexity index is 397. The lowest BCUT2D eigenvalue weighted by Gasteiger charge is -2.46. The first-order valence-corrected chi connectivity index (χ1v) is 7.11. The maximum absolute atomic E-state index is 9.55. The van der Waals surface area contributed by atoms with Gasteiger partial charge in [0.05, 0.1) is 31.6 Å². The fraction of sp³-hybridized carbons (Fsp3) is 0.786. The number of ether oxygens (including phenoxy) is 1. The first-order chi connectivity index (χ1) is 9.22. The molecule has 0 spiro atoms. The summed E-state index contributed by atoms with van der Waals surface area (Å²) >= 11 is 0. The number of piperidine rings is 1. The topological polar surface area (TPSA) is 50.5 Å². The number of hydrogen-bond acceptors (Lipinski definition) is 4. The Hall–Kier alpha value is -0.910. The highest BCUT2D eigenvalue weighted by Gasteiger charge is 2.41. The van der Waals surface area contributed by atoms with E-state index < -0.39 is 0 Å². The van der Waals surface area contributed by atoms with Gasteiger partial charge in [0.25, 0.3) is 0 Å². The summed E-state index contributed by atoms with van der Waals surface area (Å²) < 4.78 is 7.51. The van der Waals surface area contributed by atoms with Crippen LogP contribution in [0.5, 0.6) is 0 Å². The van der Waals surface area contributed by atoms with E-state index in [-0.39, 0.29) is 12.0 Å². The van der Waals surface area contributed by atoms with Crippen molar-refractivity contribution in [2.24, 2.45) is 11.3 Å². The van der Waals surface area contributed by atoms with E-state index in [0.29, 0.717) is 25.2 Å². The molecule has 0 aromatic carbocycles. The lowest BCUT2D eigenvalue weighted by molar-refractivity contribution is -0.151. The van der Waals surface area contributed by atoms with E-state index in [1.54, 1.807) is 0 Å². The Morgan fingerprint density at radius 1 is 1.47 bits per heavy atom. The maximum atomic E-state index is 9.55. The van der Waals surface area contributed by atoms with Crippen LogP contribution in [0.15, 0.2) is 18.7 Å². The Morgan fingerprint density at radius 2 is 2.32 bits per heavy atom. The van der Waals surface area contributed by atoms with E-state index >= 15 is 0 Å².